The topological polar surface area (TPSA) is 18.5 Å². The number of halogens is 1. The van der Waals surface area contributed by atoms with Crippen LogP contribution in [0.3, 0.4) is 0 Å². The highest BCUT2D eigenvalue weighted by Crippen LogP contribution is 2.58. The molecule has 1 aliphatic carbocycles. The highest BCUT2D eigenvalue weighted by atomic mass is 79.9. The number of rotatable bonds is 2. The van der Waals surface area contributed by atoms with Crippen LogP contribution in [0, 0.1) is 0 Å². The molecule has 0 amide bonds. The minimum Gasteiger partial charge on any atom is -0.399 e. The number of hydrogen-bond donors (Lipinski definition) is 0. The highest BCUT2D eigenvalue weighted by molar-refractivity contribution is 9.08. The van der Waals surface area contributed by atoms with Gasteiger partial charge in [0.2, 0.25) is 0 Å². The van der Waals surface area contributed by atoms with Crippen LogP contribution in [-0.4, -0.2) is 18.3 Å². The third-order valence-corrected chi connectivity index (χ3v) is 4.46. The Hall–Kier alpha value is -0.315. The SMILES string of the molecule is CC12CC1(C)OB(c1ccc(CBr)cc1)O2. The lowest BCUT2D eigenvalue weighted by molar-refractivity contribution is 0.187. The van der Waals surface area contributed by atoms with Gasteiger partial charge in [0.1, 0.15) is 0 Å². The summed E-state index contributed by atoms with van der Waals surface area (Å²) >= 11 is 3.44. The van der Waals surface area contributed by atoms with Crippen LogP contribution in [0.15, 0.2) is 24.3 Å². The van der Waals surface area contributed by atoms with E-state index in [0.717, 1.165) is 17.2 Å². The highest BCUT2D eigenvalue weighted by Gasteiger charge is 2.71. The molecular weight excluding hydrogens is 267 g/mol. The van der Waals surface area contributed by atoms with Crippen LogP contribution in [0.5, 0.6) is 0 Å². The van der Waals surface area contributed by atoms with E-state index >= 15 is 0 Å². The molecule has 1 aliphatic heterocycles. The van der Waals surface area contributed by atoms with Crippen LogP contribution in [0.2, 0.25) is 0 Å². The molecule has 2 nitrogen and oxygen atoms in total. The Labute approximate surface area is 105 Å². The van der Waals surface area contributed by atoms with E-state index in [1.807, 2.05) is 0 Å². The van der Waals surface area contributed by atoms with Gasteiger partial charge in [-0.25, -0.2) is 0 Å². The zero-order chi connectivity index (χ0) is 11.4. The van der Waals surface area contributed by atoms with E-state index in [1.54, 1.807) is 0 Å². The van der Waals surface area contributed by atoms with Crippen molar-refractivity contribution < 1.29 is 9.31 Å². The fourth-order valence-corrected chi connectivity index (χ4v) is 2.70. The summed E-state index contributed by atoms with van der Waals surface area (Å²) in [5.74, 6) is 0. The lowest BCUT2D eigenvalue weighted by Crippen LogP contribution is -2.35. The van der Waals surface area contributed by atoms with Crippen molar-refractivity contribution in [3.8, 4) is 0 Å². The Morgan fingerprint density at radius 2 is 1.75 bits per heavy atom. The van der Waals surface area contributed by atoms with Gasteiger partial charge in [-0.3, -0.25) is 0 Å². The normalized spacial score (nSPS) is 36.3. The van der Waals surface area contributed by atoms with E-state index in [2.05, 4.69) is 54.0 Å². The number of benzene rings is 1. The molecular formula is C12H14BBrO2. The molecule has 2 atom stereocenters. The van der Waals surface area contributed by atoms with Crippen molar-refractivity contribution in [1.82, 2.24) is 0 Å². The summed E-state index contributed by atoms with van der Waals surface area (Å²) in [6.07, 6.45) is 1.01. The molecule has 0 bridgehead atoms. The van der Waals surface area contributed by atoms with Crippen molar-refractivity contribution in [3.63, 3.8) is 0 Å². The zero-order valence-electron chi connectivity index (χ0n) is 9.50. The van der Waals surface area contributed by atoms with Crippen LogP contribution in [0.1, 0.15) is 25.8 Å². The van der Waals surface area contributed by atoms with Crippen LogP contribution >= 0.6 is 15.9 Å². The van der Waals surface area contributed by atoms with Crippen molar-refractivity contribution in [3.05, 3.63) is 29.8 Å². The first kappa shape index (κ1) is 10.8. The third-order valence-electron chi connectivity index (χ3n) is 3.81. The van der Waals surface area contributed by atoms with Gasteiger partial charge in [-0.2, -0.15) is 0 Å². The largest absolute Gasteiger partial charge is 0.494 e. The van der Waals surface area contributed by atoms with Gasteiger partial charge in [-0.1, -0.05) is 40.2 Å². The zero-order valence-corrected chi connectivity index (χ0v) is 11.1. The maximum Gasteiger partial charge on any atom is 0.494 e. The van der Waals surface area contributed by atoms with Crippen molar-refractivity contribution in [2.24, 2.45) is 0 Å². The van der Waals surface area contributed by atoms with E-state index in [4.69, 9.17) is 9.31 Å². The smallest absolute Gasteiger partial charge is 0.399 e. The van der Waals surface area contributed by atoms with Crippen molar-refractivity contribution in [1.29, 1.82) is 0 Å². The minimum absolute atomic E-state index is 0.0637. The van der Waals surface area contributed by atoms with Crippen LogP contribution < -0.4 is 5.46 Å². The number of hydrogen-bond acceptors (Lipinski definition) is 2. The molecule has 2 unspecified atom stereocenters. The molecule has 1 aromatic carbocycles. The molecule has 0 N–H and O–H groups in total. The summed E-state index contributed by atoms with van der Waals surface area (Å²) in [6.45, 7) is 4.25. The fraction of sp³-hybridized carbons (Fsp3) is 0.500. The van der Waals surface area contributed by atoms with Gasteiger partial charge in [0.05, 0.1) is 11.2 Å². The molecule has 2 fully saturated rings. The summed E-state index contributed by atoms with van der Waals surface area (Å²) in [7, 11) is -0.187. The van der Waals surface area contributed by atoms with Gasteiger partial charge in [0.25, 0.3) is 0 Å². The predicted molar refractivity (Wildman–Crippen MR) is 68.1 cm³/mol. The quantitative estimate of drug-likeness (QED) is 0.611. The van der Waals surface area contributed by atoms with Gasteiger partial charge in [-0.05, 0) is 24.9 Å². The Balaban J connectivity index is 1.79. The summed E-state index contributed by atoms with van der Waals surface area (Å²) < 4.78 is 11.9. The average molecular weight is 281 g/mol. The van der Waals surface area contributed by atoms with Crippen LogP contribution in [-0.2, 0) is 14.6 Å². The Morgan fingerprint density at radius 1 is 1.19 bits per heavy atom. The molecule has 4 heteroatoms. The summed E-state index contributed by atoms with van der Waals surface area (Å²) in [6, 6.07) is 8.37. The number of alkyl halides is 1. The van der Waals surface area contributed by atoms with E-state index in [-0.39, 0.29) is 18.3 Å². The third kappa shape index (κ3) is 1.47. The molecule has 84 valence electrons. The fourth-order valence-electron chi connectivity index (χ4n) is 2.33. The summed E-state index contributed by atoms with van der Waals surface area (Å²) in [4.78, 5) is 0. The molecule has 0 aromatic heterocycles. The molecule has 1 saturated carbocycles. The van der Waals surface area contributed by atoms with E-state index in [9.17, 15) is 0 Å². The molecule has 16 heavy (non-hydrogen) atoms. The Morgan fingerprint density at radius 3 is 2.25 bits per heavy atom. The summed E-state index contributed by atoms with van der Waals surface area (Å²) in [5.41, 5.74) is 2.25. The van der Waals surface area contributed by atoms with E-state index in [1.165, 1.54) is 5.56 Å². The molecule has 3 rings (SSSR count). The van der Waals surface area contributed by atoms with Gasteiger partial charge in [-0.15, -0.1) is 0 Å². The lowest BCUT2D eigenvalue weighted by Gasteiger charge is -2.11. The van der Waals surface area contributed by atoms with Crippen molar-refractivity contribution in [2.75, 3.05) is 0 Å². The van der Waals surface area contributed by atoms with Gasteiger partial charge < -0.3 is 9.31 Å². The first-order valence-electron chi connectivity index (χ1n) is 5.57. The van der Waals surface area contributed by atoms with Crippen LogP contribution in [0.25, 0.3) is 0 Å². The second-order valence-electron chi connectivity index (χ2n) is 5.08. The second-order valence-corrected chi connectivity index (χ2v) is 5.64. The Kier molecular flexibility index (Phi) is 2.26. The van der Waals surface area contributed by atoms with Gasteiger partial charge >= 0.3 is 7.12 Å². The van der Waals surface area contributed by atoms with E-state index in [0.29, 0.717) is 0 Å². The van der Waals surface area contributed by atoms with Crippen molar-refractivity contribution in [2.45, 2.75) is 36.8 Å². The first-order chi connectivity index (χ1) is 7.56. The van der Waals surface area contributed by atoms with Crippen LogP contribution in [0.4, 0.5) is 0 Å². The maximum atomic E-state index is 5.95. The lowest BCUT2D eigenvalue weighted by atomic mass is 9.78. The second kappa shape index (κ2) is 3.34. The Bertz CT molecular complexity index is 406. The molecule has 2 aliphatic rings. The number of fused-ring (bicyclic) bond motifs is 1. The van der Waals surface area contributed by atoms with Crippen molar-refractivity contribution >= 4 is 28.5 Å². The summed E-state index contributed by atoms with van der Waals surface area (Å²) in [5, 5.41) is 0.884. The molecule has 1 heterocycles. The molecule has 1 aromatic rings. The monoisotopic (exact) mass is 280 g/mol. The maximum absolute atomic E-state index is 5.95. The minimum atomic E-state index is -0.187. The molecule has 0 spiro atoms. The van der Waals surface area contributed by atoms with Gasteiger partial charge in [0, 0.05) is 11.8 Å². The standard InChI is InChI=1S/C12H14BBrO2/c1-11-8-12(11,2)16-13(15-11)10-5-3-9(7-14)4-6-10/h3-6H,7-8H2,1-2H3. The molecule has 1 saturated heterocycles. The predicted octanol–water partition coefficient (Wildman–Crippen LogP) is 2.24. The average Bonchev–Trinajstić information content (AvgIpc) is 2.69. The first-order valence-corrected chi connectivity index (χ1v) is 6.69. The van der Waals surface area contributed by atoms with E-state index < -0.39 is 0 Å². The molecule has 0 radical (unpaired) electrons. The van der Waals surface area contributed by atoms with Gasteiger partial charge in [0.15, 0.2) is 0 Å².